The molecule has 0 saturated heterocycles. The smallest absolute Gasteiger partial charge is 0.110 e. The van der Waals surface area contributed by atoms with Crippen molar-refractivity contribution in [1.29, 1.82) is 0 Å². The summed E-state index contributed by atoms with van der Waals surface area (Å²) >= 11 is 0. The molecule has 1 aromatic carbocycles. The molecule has 3 heteroatoms. The molecule has 0 spiro atoms. The van der Waals surface area contributed by atoms with E-state index in [1.807, 2.05) is 0 Å². The van der Waals surface area contributed by atoms with Crippen molar-refractivity contribution < 1.29 is 0 Å². The first-order valence-electron chi connectivity index (χ1n) is 8.29. The molecule has 1 heterocycles. The van der Waals surface area contributed by atoms with Crippen LogP contribution in [0.5, 0.6) is 0 Å². The van der Waals surface area contributed by atoms with E-state index in [1.54, 1.807) is 0 Å². The minimum Gasteiger partial charge on any atom is -0.328 e. The third-order valence-corrected chi connectivity index (χ3v) is 3.90. The van der Waals surface area contributed by atoms with Gasteiger partial charge in [-0.25, -0.2) is 4.98 Å². The number of imidazole rings is 1. The van der Waals surface area contributed by atoms with Crippen LogP contribution in [0.3, 0.4) is 0 Å². The predicted molar refractivity (Wildman–Crippen MR) is 90.6 cm³/mol. The number of hydrogen-bond donors (Lipinski definition) is 1. The number of nitrogens with zero attached hydrogens (tertiary/aromatic N) is 2. The second-order valence-corrected chi connectivity index (χ2v) is 6.38. The third-order valence-electron chi connectivity index (χ3n) is 3.90. The molecule has 1 unspecified atom stereocenters. The zero-order valence-electron chi connectivity index (χ0n) is 13.9. The van der Waals surface area contributed by atoms with Gasteiger partial charge in [-0.2, -0.15) is 0 Å². The minimum absolute atomic E-state index is 0.571. The van der Waals surface area contributed by atoms with Gasteiger partial charge < -0.3 is 9.88 Å². The summed E-state index contributed by atoms with van der Waals surface area (Å²) in [7, 11) is 0. The fourth-order valence-corrected chi connectivity index (χ4v) is 2.79. The van der Waals surface area contributed by atoms with Crippen LogP contribution in [0.15, 0.2) is 24.3 Å². The van der Waals surface area contributed by atoms with Crippen molar-refractivity contribution >= 4 is 11.0 Å². The molecule has 1 atom stereocenters. The molecule has 116 valence electrons. The van der Waals surface area contributed by atoms with E-state index in [4.69, 9.17) is 4.98 Å². The lowest BCUT2D eigenvalue weighted by Crippen LogP contribution is -2.25. The Hall–Kier alpha value is -1.35. The second kappa shape index (κ2) is 7.60. The van der Waals surface area contributed by atoms with Gasteiger partial charge >= 0.3 is 0 Å². The largest absolute Gasteiger partial charge is 0.328 e. The molecule has 0 fully saturated rings. The number of rotatable bonds is 8. The number of hydrogen-bond acceptors (Lipinski definition) is 2. The third kappa shape index (κ3) is 4.31. The molecule has 2 rings (SSSR count). The molecular weight excluding hydrogens is 258 g/mol. The molecule has 2 aromatic rings. The van der Waals surface area contributed by atoms with E-state index >= 15 is 0 Å². The van der Waals surface area contributed by atoms with Gasteiger partial charge in [0.15, 0.2) is 0 Å². The number of nitrogens with one attached hydrogen (secondary N) is 1. The Morgan fingerprint density at radius 1 is 1.19 bits per heavy atom. The van der Waals surface area contributed by atoms with Gasteiger partial charge in [0, 0.05) is 19.0 Å². The van der Waals surface area contributed by atoms with E-state index in [0.717, 1.165) is 31.4 Å². The number of benzene rings is 1. The minimum atomic E-state index is 0.571. The topological polar surface area (TPSA) is 29.9 Å². The fraction of sp³-hybridized carbons (Fsp3) is 0.611. The van der Waals surface area contributed by atoms with Crippen molar-refractivity contribution in [1.82, 2.24) is 14.9 Å². The first-order valence-corrected chi connectivity index (χ1v) is 8.29. The number of para-hydroxylation sites is 2. The number of aromatic nitrogens is 2. The Kier molecular flexibility index (Phi) is 5.80. The molecule has 0 amide bonds. The summed E-state index contributed by atoms with van der Waals surface area (Å²) in [5.74, 6) is 1.90. The summed E-state index contributed by atoms with van der Waals surface area (Å²) < 4.78 is 2.40. The molecule has 0 aliphatic heterocycles. The zero-order valence-corrected chi connectivity index (χ0v) is 13.9. The standard InChI is InChI=1S/C18H29N3/c1-5-12-21-17-9-7-6-8-16(17)20-18(21)13-15(4)10-11-19-14(2)3/h6-9,14-15,19H,5,10-13H2,1-4H3. The van der Waals surface area contributed by atoms with Crippen LogP contribution in [-0.4, -0.2) is 22.1 Å². The van der Waals surface area contributed by atoms with Crippen LogP contribution < -0.4 is 5.32 Å². The molecule has 3 nitrogen and oxygen atoms in total. The Morgan fingerprint density at radius 2 is 1.95 bits per heavy atom. The van der Waals surface area contributed by atoms with Gasteiger partial charge in [0.1, 0.15) is 5.82 Å². The zero-order chi connectivity index (χ0) is 15.2. The van der Waals surface area contributed by atoms with Crippen LogP contribution in [0.25, 0.3) is 11.0 Å². The van der Waals surface area contributed by atoms with Crippen LogP contribution in [0.1, 0.15) is 46.4 Å². The maximum Gasteiger partial charge on any atom is 0.110 e. The Bertz CT molecular complexity index is 557. The second-order valence-electron chi connectivity index (χ2n) is 6.38. The first-order chi connectivity index (χ1) is 10.1. The van der Waals surface area contributed by atoms with Gasteiger partial charge in [-0.1, -0.05) is 39.8 Å². The quantitative estimate of drug-likeness (QED) is 0.795. The van der Waals surface area contributed by atoms with Crippen molar-refractivity contribution in [2.45, 2.75) is 59.5 Å². The lowest BCUT2D eigenvalue weighted by atomic mass is 10.0. The summed E-state index contributed by atoms with van der Waals surface area (Å²) in [6, 6.07) is 9.06. The Morgan fingerprint density at radius 3 is 2.67 bits per heavy atom. The van der Waals surface area contributed by atoms with Gasteiger partial charge in [0.2, 0.25) is 0 Å². The molecular formula is C18H29N3. The average molecular weight is 287 g/mol. The fourth-order valence-electron chi connectivity index (χ4n) is 2.79. The van der Waals surface area contributed by atoms with Gasteiger partial charge in [-0.3, -0.25) is 0 Å². The normalized spacial score (nSPS) is 13.2. The van der Waals surface area contributed by atoms with Crippen LogP contribution in [0.2, 0.25) is 0 Å². The van der Waals surface area contributed by atoms with E-state index in [1.165, 1.54) is 17.8 Å². The van der Waals surface area contributed by atoms with Crippen LogP contribution in [0, 0.1) is 5.92 Å². The highest BCUT2D eigenvalue weighted by Gasteiger charge is 2.13. The summed E-state index contributed by atoms with van der Waals surface area (Å²) in [6.07, 6.45) is 3.42. The average Bonchev–Trinajstić information content (AvgIpc) is 2.77. The summed E-state index contributed by atoms with van der Waals surface area (Å²) in [5, 5.41) is 3.50. The van der Waals surface area contributed by atoms with E-state index < -0.39 is 0 Å². The van der Waals surface area contributed by atoms with Crippen molar-refractivity contribution in [3.63, 3.8) is 0 Å². The maximum absolute atomic E-state index is 4.86. The molecule has 0 radical (unpaired) electrons. The lowest BCUT2D eigenvalue weighted by molar-refractivity contribution is 0.461. The van der Waals surface area contributed by atoms with E-state index in [-0.39, 0.29) is 0 Å². The highest BCUT2D eigenvalue weighted by Crippen LogP contribution is 2.19. The van der Waals surface area contributed by atoms with Crippen molar-refractivity contribution in [2.24, 2.45) is 5.92 Å². The summed E-state index contributed by atoms with van der Waals surface area (Å²) in [5.41, 5.74) is 2.41. The Labute approximate surface area is 128 Å². The predicted octanol–water partition coefficient (Wildman–Crippen LogP) is 4.01. The van der Waals surface area contributed by atoms with Gasteiger partial charge in [0.05, 0.1) is 11.0 Å². The molecule has 0 aliphatic carbocycles. The number of fused-ring (bicyclic) bond motifs is 1. The van der Waals surface area contributed by atoms with Gasteiger partial charge in [-0.15, -0.1) is 0 Å². The van der Waals surface area contributed by atoms with Gasteiger partial charge in [-0.05, 0) is 37.4 Å². The highest BCUT2D eigenvalue weighted by atomic mass is 15.1. The van der Waals surface area contributed by atoms with Gasteiger partial charge in [0.25, 0.3) is 0 Å². The number of aryl methyl sites for hydroxylation is 1. The Balaban J connectivity index is 2.08. The van der Waals surface area contributed by atoms with Crippen LogP contribution in [-0.2, 0) is 13.0 Å². The molecule has 1 aromatic heterocycles. The summed E-state index contributed by atoms with van der Waals surface area (Å²) in [6.45, 7) is 11.1. The molecule has 0 aliphatic rings. The first kappa shape index (κ1) is 16.0. The lowest BCUT2D eigenvalue weighted by Gasteiger charge is -2.14. The van der Waals surface area contributed by atoms with Crippen molar-refractivity contribution in [3.05, 3.63) is 30.1 Å². The molecule has 21 heavy (non-hydrogen) atoms. The van der Waals surface area contributed by atoms with Crippen molar-refractivity contribution in [3.8, 4) is 0 Å². The summed E-state index contributed by atoms with van der Waals surface area (Å²) in [4.78, 5) is 4.86. The maximum atomic E-state index is 4.86. The monoisotopic (exact) mass is 287 g/mol. The molecule has 1 N–H and O–H groups in total. The SMILES string of the molecule is CCCn1c(CC(C)CCNC(C)C)nc2ccccc21. The van der Waals surface area contributed by atoms with Crippen LogP contribution in [0.4, 0.5) is 0 Å². The van der Waals surface area contributed by atoms with E-state index in [9.17, 15) is 0 Å². The van der Waals surface area contributed by atoms with Crippen LogP contribution >= 0.6 is 0 Å². The van der Waals surface area contributed by atoms with E-state index in [2.05, 4.69) is 61.8 Å². The van der Waals surface area contributed by atoms with E-state index in [0.29, 0.717) is 12.0 Å². The molecule has 0 saturated carbocycles. The van der Waals surface area contributed by atoms with Crippen molar-refractivity contribution in [2.75, 3.05) is 6.54 Å². The highest BCUT2D eigenvalue weighted by molar-refractivity contribution is 5.75. The molecule has 0 bridgehead atoms.